The molecule has 9 nitrogen and oxygen atoms in total. The molecule has 2 rings (SSSR count). The Morgan fingerprint density at radius 3 is 2.36 bits per heavy atom. The first-order valence-electron chi connectivity index (χ1n) is 5.97. The molecule has 2 heterocycles. The van der Waals surface area contributed by atoms with Crippen molar-refractivity contribution in [1.82, 2.24) is 15.0 Å². The van der Waals surface area contributed by atoms with E-state index in [0.717, 1.165) is 0 Å². The molecule has 2 N–H and O–H groups in total. The van der Waals surface area contributed by atoms with Gasteiger partial charge in [0, 0.05) is 13.1 Å². The van der Waals surface area contributed by atoms with Gasteiger partial charge in [0.15, 0.2) is 0 Å². The summed E-state index contributed by atoms with van der Waals surface area (Å²) in [5.41, 5.74) is 0. The van der Waals surface area contributed by atoms with Crippen LogP contribution in [0.15, 0.2) is 0 Å². The Hall–Kier alpha value is -2.50. The Kier molecular flexibility index (Phi) is 4.40. The number of halogens is 3. The topological polar surface area (TPSA) is 118 Å². The van der Waals surface area contributed by atoms with E-state index in [1.807, 2.05) is 0 Å². The number of hydrogen-bond donors (Lipinski definition) is 2. The largest absolute Gasteiger partial charge is 0.475 e. The first-order chi connectivity index (χ1) is 10.3. The second-order valence-corrected chi connectivity index (χ2v) is 4.14. The van der Waals surface area contributed by atoms with Gasteiger partial charge in [-0.05, 0) is 0 Å². The Morgan fingerprint density at radius 2 is 1.82 bits per heavy atom. The van der Waals surface area contributed by atoms with E-state index in [9.17, 15) is 22.8 Å². The zero-order valence-corrected chi connectivity index (χ0v) is 10.9. The summed E-state index contributed by atoms with van der Waals surface area (Å²) >= 11 is 0. The molecule has 1 aliphatic rings. The van der Waals surface area contributed by atoms with Crippen molar-refractivity contribution < 1.29 is 32.6 Å². The monoisotopic (exact) mass is 321 g/mol. The highest BCUT2D eigenvalue weighted by Gasteiger charge is 2.39. The number of aromatic carboxylic acids is 1. The number of anilines is 2. The molecular formula is C10H10F3N5O4. The molecule has 1 amide bonds. The number of morpholine rings is 1. The van der Waals surface area contributed by atoms with E-state index in [1.54, 1.807) is 0 Å². The summed E-state index contributed by atoms with van der Waals surface area (Å²) < 4.78 is 41.8. The molecule has 0 spiro atoms. The van der Waals surface area contributed by atoms with Crippen LogP contribution < -0.4 is 10.2 Å². The fourth-order valence-corrected chi connectivity index (χ4v) is 1.59. The summed E-state index contributed by atoms with van der Waals surface area (Å²) in [6, 6.07) is 0. The van der Waals surface area contributed by atoms with Gasteiger partial charge in [-0.2, -0.15) is 28.1 Å². The maximum absolute atomic E-state index is 12.2. The number of carboxylic acids is 1. The smallest absolute Gasteiger partial charge is 0.471 e. The minimum absolute atomic E-state index is 0.145. The van der Waals surface area contributed by atoms with Gasteiger partial charge >= 0.3 is 18.1 Å². The molecule has 1 fully saturated rings. The lowest BCUT2D eigenvalue weighted by Crippen LogP contribution is -2.38. The van der Waals surface area contributed by atoms with Crippen LogP contribution in [-0.2, 0) is 9.53 Å². The zero-order chi connectivity index (χ0) is 16.3. The van der Waals surface area contributed by atoms with Gasteiger partial charge < -0.3 is 14.7 Å². The molecule has 1 aromatic heterocycles. The van der Waals surface area contributed by atoms with Crippen LogP contribution in [0.1, 0.15) is 10.6 Å². The molecule has 1 saturated heterocycles. The maximum atomic E-state index is 12.2. The van der Waals surface area contributed by atoms with Gasteiger partial charge in [0.05, 0.1) is 13.2 Å². The number of nitrogens with one attached hydrogen (secondary N) is 1. The highest BCUT2D eigenvalue weighted by atomic mass is 19.4. The highest BCUT2D eigenvalue weighted by molar-refractivity contribution is 5.94. The van der Waals surface area contributed by atoms with Crippen molar-refractivity contribution in [3.05, 3.63) is 5.82 Å². The summed E-state index contributed by atoms with van der Waals surface area (Å²) in [6.07, 6.45) is -5.14. The lowest BCUT2D eigenvalue weighted by Gasteiger charge is -2.26. The number of hydrogen-bond acceptors (Lipinski definition) is 7. The van der Waals surface area contributed by atoms with Crippen molar-refractivity contribution in [3.63, 3.8) is 0 Å². The van der Waals surface area contributed by atoms with Crippen molar-refractivity contribution in [1.29, 1.82) is 0 Å². The summed E-state index contributed by atoms with van der Waals surface area (Å²) in [6.45, 7) is 1.32. The molecule has 0 radical (unpaired) electrons. The van der Waals surface area contributed by atoms with Crippen LogP contribution in [0, 0.1) is 0 Å². The van der Waals surface area contributed by atoms with E-state index in [2.05, 4.69) is 15.0 Å². The van der Waals surface area contributed by atoms with Gasteiger partial charge in [-0.25, -0.2) is 4.79 Å². The average molecular weight is 321 g/mol. The number of aromatic nitrogens is 3. The minimum Gasteiger partial charge on any atom is -0.475 e. The van der Waals surface area contributed by atoms with E-state index >= 15 is 0 Å². The van der Waals surface area contributed by atoms with Crippen molar-refractivity contribution in [2.24, 2.45) is 0 Å². The van der Waals surface area contributed by atoms with Crippen LogP contribution >= 0.6 is 0 Å². The Bertz CT molecular complexity index is 588. The standard InChI is InChI=1S/C10H10F3N5O4/c11-10(12,13)7(21)16-8-14-5(6(19)20)15-9(17-8)18-1-3-22-4-2-18/h1-4H2,(H,19,20)(H,14,15,16,17,21). The lowest BCUT2D eigenvalue weighted by molar-refractivity contribution is -0.167. The molecule has 0 saturated carbocycles. The Morgan fingerprint density at radius 1 is 1.18 bits per heavy atom. The first kappa shape index (κ1) is 15.9. The molecule has 0 aliphatic carbocycles. The van der Waals surface area contributed by atoms with Crippen LogP contribution in [0.4, 0.5) is 25.1 Å². The average Bonchev–Trinajstić information content (AvgIpc) is 2.46. The predicted molar refractivity (Wildman–Crippen MR) is 64.5 cm³/mol. The molecule has 0 unspecified atom stereocenters. The third kappa shape index (κ3) is 3.78. The number of carbonyl (C=O) groups is 2. The number of alkyl halides is 3. The van der Waals surface area contributed by atoms with E-state index < -0.39 is 29.8 Å². The van der Waals surface area contributed by atoms with Gasteiger partial charge in [-0.15, -0.1) is 0 Å². The Balaban J connectivity index is 2.30. The SMILES string of the molecule is O=C(O)c1nc(NC(=O)C(F)(F)F)nc(N2CCOCC2)n1. The zero-order valence-electron chi connectivity index (χ0n) is 10.9. The molecule has 120 valence electrons. The molecule has 0 bridgehead atoms. The summed E-state index contributed by atoms with van der Waals surface area (Å²) in [4.78, 5) is 33.9. The number of carboxylic acid groups (broad SMARTS) is 1. The number of ether oxygens (including phenoxy) is 1. The van der Waals surface area contributed by atoms with Crippen molar-refractivity contribution in [2.75, 3.05) is 36.5 Å². The fraction of sp³-hybridized carbons (Fsp3) is 0.500. The lowest BCUT2D eigenvalue weighted by atomic mass is 10.4. The second-order valence-electron chi connectivity index (χ2n) is 4.14. The number of amides is 1. The molecular weight excluding hydrogens is 311 g/mol. The van der Waals surface area contributed by atoms with E-state index in [4.69, 9.17) is 9.84 Å². The third-order valence-corrected chi connectivity index (χ3v) is 2.59. The predicted octanol–water partition coefficient (Wildman–Crippen LogP) is -0.0928. The summed E-state index contributed by atoms with van der Waals surface area (Å²) in [5.74, 6) is -5.55. The Labute approximate surface area is 121 Å². The summed E-state index contributed by atoms with van der Waals surface area (Å²) in [7, 11) is 0. The normalized spacial score (nSPS) is 15.5. The van der Waals surface area contributed by atoms with Crippen molar-refractivity contribution >= 4 is 23.8 Å². The summed E-state index contributed by atoms with van der Waals surface area (Å²) in [5, 5.41) is 10.3. The molecule has 22 heavy (non-hydrogen) atoms. The molecule has 12 heteroatoms. The van der Waals surface area contributed by atoms with Gasteiger partial charge in [0.2, 0.25) is 17.7 Å². The van der Waals surface area contributed by atoms with Gasteiger partial charge in [-0.3, -0.25) is 10.1 Å². The molecule has 0 aromatic carbocycles. The minimum atomic E-state index is -5.14. The highest BCUT2D eigenvalue weighted by Crippen LogP contribution is 2.18. The second kappa shape index (κ2) is 6.09. The number of carbonyl (C=O) groups excluding carboxylic acids is 1. The van der Waals surface area contributed by atoms with Crippen LogP contribution in [0.3, 0.4) is 0 Å². The number of rotatable bonds is 3. The van der Waals surface area contributed by atoms with E-state index in [-0.39, 0.29) is 5.95 Å². The van der Waals surface area contributed by atoms with Crippen LogP contribution in [0.25, 0.3) is 0 Å². The van der Waals surface area contributed by atoms with Crippen LogP contribution in [0.5, 0.6) is 0 Å². The van der Waals surface area contributed by atoms with Crippen molar-refractivity contribution in [2.45, 2.75) is 6.18 Å². The van der Waals surface area contributed by atoms with Gasteiger partial charge in [0.25, 0.3) is 0 Å². The van der Waals surface area contributed by atoms with E-state index in [1.165, 1.54) is 10.2 Å². The quantitative estimate of drug-likeness (QED) is 0.793. The third-order valence-electron chi connectivity index (χ3n) is 2.59. The van der Waals surface area contributed by atoms with Gasteiger partial charge in [0.1, 0.15) is 0 Å². The molecule has 1 aromatic rings. The molecule has 1 aliphatic heterocycles. The van der Waals surface area contributed by atoms with Crippen molar-refractivity contribution in [3.8, 4) is 0 Å². The van der Waals surface area contributed by atoms with Crippen LogP contribution in [-0.4, -0.2) is 64.4 Å². The maximum Gasteiger partial charge on any atom is 0.471 e. The molecule has 0 atom stereocenters. The fourth-order valence-electron chi connectivity index (χ4n) is 1.59. The van der Waals surface area contributed by atoms with Crippen LogP contribution in [0.2, 0.25) is 0 Å². The van der Waals surface area contributed by atoms with Gasteiger partial charge in [-0.1, -0.05) is 0 Å². The van der Waals surface area contributed by atoms with E-state index in [0.29, 0.717) is 26.3 Å². The first-order valence-corrected chi connectivity index (χ1v) is 5.97. The number of nitrogens with zero attached hydrogens (tertiary/aromatic N) is 4.